The fraction of sp³-hybridized carbons (Fsp3) is 0.462. The summed E-state index contributed by atoms with van der Waals surface area (Å²) in [6, 6.07) is 4.98. The molecule has 0 bridgehead atoms. The van der Waals surface area contributed by atoms with E-state index in [1.165, 1.54) is 0 Å². The fourth-order valence-corrected chi connectivity index (χ4v) is 1.57. The van der Waals surface area contributed by atoms with Crippen LogP contribution in [0.4, 0.5) is 5.69 Å². The van der Waals surface area contributed by atoms with E-state index < -0.39 is 5.97 Å². The molecule has 1 rings (SSSR count). The number of anilines is 1. The van der Waals surface area contributed by atoms with Gasteiger partial charge in [0.2, 0.25) is 0 Å². The summed E-state index contributed by atoms with van der Waals surface area (Å²) in [7, 11) is 0. The van der Waals surface area contributed by atoms with Crippen molar-refractivity contribution in [3.63, 3.8) is 0 Å². The number of benzene rings is 1. The maximum Gasteiger partial charge on any atom is 0.338 e. The zero-order chi connectivity index (χ0) is 13.5. The van der Waals surface area contributed by atoms with Crippen molar-refractivity contribution in [1.29, 1.82) is 0 Å². The van der Waals surface area contributed by atoms with Crippen molar-refractivity contribution in [2.24, 2.45) is 0 Å². The molecule has 0 aliphatic carbocycles. The molecule has 3 N–H and O–H groups in total. The quantitative estimate of drug-likeness (QED) is 0.725. The number of carboxylic acids is 1. The molecule has 0 aromatic heterocycles. The van der Waals surface area contributed by atoms with Crippen LogP contribution in [0, 0.1) is 0 Å². The largest absolute Gasteiger partial charge is 0.478 e. The van der Waals surface area contributed by atoms with Gasteiger partial charge in [-0.05, 0) is 25.5 Å². The van der Waals surface area contributed by atoms with Gasteiger partial charge in [-0.3, -0.25) is 0 Å². The highest BCUT2D eigenvalue weighted by Crippen LogP contribution is 2.18. The molecule has 5 heteroatoms. The second-order valence-electron chi connectivity index (χ2n) is 3.97. The number of rotatable bonds is 7. The average molecular weight is 253 g/mol. The number of carbonyl (C=O) groups is 1. The SMILES string of the molecule is CCOCC(C)OCc1cccc(N)c1C(=O)O. The van der Waals surface area contributed by atoms with Crippen LogP contribution in [0.5, 0.6) is 0 Å². The van der Waals surface area contributed by atoms with Gasteiger partial charge < -0.3 is 20.3 Å². The third kappa shape index (κ3) is 4.01. The molecule has 1 unspecified atom stereocenters. The number of aromatic carboxylic acids is 1. The van der Waals surface area contributed by atoms with Crippen molar-refractivity contribution < 1.29 is 19.4 Å². The molecule has 0 heterocycles. The monoisotopic (exact) mass is 253 g/mol. The lowest BCUT2D eigenvalue weighted by molar-refractivity contribution is -0.0119. The van der Waals surface area contributed by atoms with Crippen LogP contribution in [-0.2, 0) is 16.1 Å². The van der Waals surface area contributed by atoms with Crippen LogP contribution < -0.4 is 5.73 Å². The van der Waals surface area contributed by atoms with E-state index in [0.717, 1.165) is 0 Å². The molecule has 1 aromatic carbocycles. The van der Waals surface area contributed by atoms with Gasteiger partial charge in [-0.25, -0.2) is 4.79 Å². The molecule has 0 saturated carbocycles. The summed E-state index contributed by atoms with van der Waals surface area (Å²) in [6.07, 6.45) is -0.0898. The second-order valence-corrected chi connectivity index (χ2v) is 3.97. The highest BCUT2D eigenvalue weighted by molar-refractivity contribution is 5.95. The second kappa shape index (κ2) is 6.98. The van der Waals surface area contributed by atoms with Gasteiger partial charge >= 0.3 is 5.97 Å². The first-order valence-corrected chi connectivity index (χ1v) is 5.86. The van der Waals surface area contributed by atoms with E-state index in [2.05, 4.69) is 0 Å². The summed E-state index contributed by atoms with van der Waals surface area (Å²) in [5.41, 5.74) is 6.59. The zero-order valence-electron chi connectivity index (χ0n) is 10.7. The minimum Gasteiger partial charge on any atom is -0.478 e. The summed E-state index contributed by atoms with van der Waals surface area (Å²) in [4.78, 5) is 11.1. The normalized spacial score (nSPS) is 12.3. The van der Waals surface area contributed by atoms with Crippen molar-refractivity contribution in [3.8, 4) is 0 Å². The van der Waals surface area contributed by atoms with Crippen LogP contribution in [0.1, 0.15) is 29.8 Å². The Morgan fingerprint density at radius 1 is 1.50 bits per heavy atom. The average Bonchev–Trinajstić information content (AvgIpc) is 2.33. The molecule has 1 aromatic rings. The highest BCUT2D eigenvalue weighted by atomic mass is 16.5. The van der Waals surface area contributed by atoms with Crippen LogP contribution in [0.3, 0.4) is 0 Å². The van der Waals surface area contributed by atoms with Crippen molar-refractivity contribution in [1.82, 2.24) is 0 Å². The van der Waals surface area contributed by atoms with E-state index in [0.29, 0.717) is 18.8 Å². The number of hydrogen-bond acceptors (Lipinski definition) is 4. The minimum atomic E-state index is -1.04. The van der Waals surface area contributed by atoms with E-state index >= 15 is 0 Å². The van der Waals surface area contributed by atoms with Crippen LogP contribution in [0.15, 0.2) is 18.2 Å². The smallest absolute Gasteiger partial charge is 0.338 e. The van der Waals surface area contributed by atoms with Gasteiger partial charge in [-0.1, -0.05) is 12.1 Å². The molecule has 0 aliphatic rings. The Balaban J connectivity index is 2.67. The van der Waals surface area contributed by atoms with E-state index in [-0.39, 0.29) is 24.0 Å². The molecule has 0 spiro atoms. The maximum absolute atomic E-state index is 11.1. The Hall–Kier alpha value is -1.59. The number of hydrogen-bond donors (Lipinski definition) is 2. The van der Waals surface area contributed by atoms with Gasteiger partial charge in [-0.2, -0.15) is 0 Å². The first kappa shape index (κ1) is 14.5. The van der Waals surface area contributed by atoms with Crippen LogP contribution in [0.25, 0.3) is 0 Å². The molecular formula is C13H19NO4. The molecule has 0 fully saturated rings. The summed E-state index contributed by atoms with van der Waals surface area (Å²) < 4.78 is 10.8. The number of carboxylic acid groups (broad SMARTS) is 1. The highest BCUT2D eigenvalue weighted by Gasteiger charge is 2.14. The zero-order valence-corrected chi connectivity index (χ0v) is 10.7. The first-order chi connectivity index (χ1) is 8.56. The number of nitrogens with two attached hydrogens (primary N) is 1. The Morgan fingerprint density at radius 2 is 2.22 bits per heavy atom. The molecule has 100 valence electrons. The third-order valence-corrected chi connectivity index (χ3v) is 2.48. The predicted molar refractivity (Wildman–Crippen MR) is 68.6 cm³/mol. The van der Waals surface area contributed by atoms with Crippen LogP contribution in [-0.4, -0.2) is 30.4 Å². The summed E-state index contributed by atoms with van der Waals surface area (Å²) >= 11 is 0. The number of ether oxygens (including phenoxy) is 2. The Morgan fingerprint density at radius 3 is 2.83 bits per heavy atom. The molecule has 5 nitrogen and oxygen atoms in total. The van der Waals surface area contributed by atoms with Gasteiger partial charge in [0.1, 0.15) is 0 Å². The molecule has 18 heavy (non-hydrogen) atoms. The van der Waals surface area contributed by atoms with Gasteiger partial charge in [0.15, 0.2) is 0 Å². The minimum absolute atomic E-state index is 0.0898. The Bertz CT molecular complexity index is 406. The Kier molecular flexibility index (Phi) is 5.61. The summed E-state index contributed by atoms with van der Waals surface area (Å²) in [6.45, 7) is 5.12. The molecule has 0 aliphatic heterocycles. The van der Waals surface area contributed by atoms with Crippen LogP contribution >= 0.6 is 0 Å². The van der Waals surface area contributed by atoms with E-state index in [1.807, 2.05) is 13.8 Å². The molecule has 1 atom stereocenters. The lowest BCUT2D eigenvalue weighted by Gasteiger charge is -2.14. The maximum atomic E-state index is 11.1. The molecule has 0 amide bonds. The van der Waals surface area contributed by atoms with Crippen molar-refractivity contribution in [2.75, 3.05) is 18.9 Å². The fourth-order valence-electron chi connectivity index (χ4n) is 1.57. The van der Waals surface area contributed by atoms with Crippen molar-refractivity contribution in [3.05, 3.63) is 29.3 Å². The standard InChI is InChI=1S/C13H19NO4/c1-3-17-7-9(2)18-8-10-5-4-6-11(14)12(10)13(15)16/h4-6,9H,3,7-8,14H2,1-2H3,(H,15,16). The summed E-state index contributed by atoms with van der Waals surface area (Å²) in [5, 5.41) is 9.09. The van der Waals surface area contributed by atoms with Gasteiger partial charge in [-0.15, -0.1) is 0 Å². The molecular weight excluding hydrogens is 234 g/mol. The van der Waals surface area contributed by atoms with Crippen molar-refractivity contribution in [2.45, 2.75) is 26.6 Å². The van der Waals surface area contributed by atoms with Crippen LogP contribution in [0.2, 0.25) is 0 Å². The lowest BCUT2D eigenvalue weighted by Crippen LogP contribution is -2.17. The number of nitrogen functional groups attached to an aromatic ring is 1. The van der Waals surface area contributed by atoms with Gasteiger partial charge in [0.25, 0.3) is 0 Å². The van der Waals surface area contributed by atoms with Gasteiger partial charge in [0.05, 0.1) is 24.9 Å². The summed E-state index contributed by atoms with van der Waals surface area (Å²) in [5.74, 6) is -1.04. The van der Waals surface area contributed by atoms with E-state index in [4.69, 9.17) is 20.3 Å². The Labute approximate surface area is 107 Å². The molecule has 0 radical (unpaired) electrons. The van der Waals surface area contributed by atoms with Gasteiger partial charge in [0, 0.05) is 12.3 Å². The topological polar surface area (TPSA) is 81.8 Å². The predicted octanol–water partition coefficient (Wildman–Crippen LogP) is 1.91. The third-order valence-electron chi connectivity index (χ3n) is 2.48. The first-order valence-electron chi connectivity index (χ1n) is 5.86. The lowest BCUT2D eigenvalue weighted by atomic mass is 10.1. The van der Waals surface area contributed by atoms with E-state index in [9.17, 15) is 4.79 Å². The van der Waals surface area contributed by atoms with Crippen molar-refractivity contribution >= 4 is 11.7 Å². The molecule has 0 saturated heterocycles. The van der Waals surface area contributed by atoms with E-state index in [1.54, 1.807) is 18.2 Å².